The summed E-state index contributed by atoms with van der Waals surface area (Å²) in [6.07, 6.45) is 0. The maximum Gasteiger partial charge on any atom is 0.242 e. The van der Waals surface area contributed by atoms with E-state index in [4.69, 9.17) is 0 Å². The summed E-state index contributed by atoms with van der Waals surface area (Å²) in [5.74, 6) is 0.465. The first-order valence-corrected chi connectivity index (χ1v) is 11.9. The van der Waals surface area contributed by atoms with E-state index >= 15 is 0 Å². The SMILES string of the molecule is Cc1ccccc1-n1c(C)nnc1SC(C)C(=O)Nc1cccc(S(=O)(=O)N(C)C)c1. The number of nitrogens with zero attached hydrogens (tertiary/aromatic N) is 4. The topological polar surface area (TPSA) is 97.2 Å². The van der Waals surface area contributed by atoms with Crippen molar-refractivity contribution in [3.05, 3.63) is 59.9 Å². The number of hydrogen-bond donors (Lipinski definition) is 1. The summed E-state index contributed by atoms with van der Waals surface area (Å²) in [5.41, 5.74) is 2.45. The van der Waals surface area contributed by atoms with Gasteiger partial charge in [-0.05, 0) is 50.6 Å². The van der Waals surface area contributed by atoms with Crippen LogP contribution in [-0.4, -0.2) is 52.7 Å². The monoisotopic (exact) mass is 459 g/mol. The lowest BCUT2D eigenvalue weighted by atomic mass is 10.2. The molecule has 2 aromatic carbocycles. The number of carbonyl (C=O) groups is 1. The van der Waals surface area contributed by atoms with Gasteiger partial charge in [0.1, 0.15) is 5.82 Å². The average molecular weight is 460 g/mol. The molecule has 0 fully saturated rings. The largest absolute Gasteiger partial charge is 0.325 e. The van der Waals surface area contributed by atoms with Crippen LogP contribution in [0.15, 0.2) is 58.6 Å². The molecule has 0 saturated heterocycles. The minimum absolute atomic E-state index is 0.116. The number of sulfonamides is 1. The van der Waals surface area contributed by atoms with Crippen molar-refractivity contribution < 1.29 is 13.2 Å². The van der Waals surface area contributed by atoms with E-state index in [0.29, 0.717) is 10.8 Å². The Kier molecular flexibility index (Phi) is 6.83. The zero-order chi connectivity index (χ0) is 22.8. The maximum absolute atomic E-state index is 12.8. The Morgan fingerprint density at radius 2 is 1.81 bits per heavy atom. The number of rotatable bonds is 7. The van der Waals surface area contributed by atoms with E-state index < -0.39 is 15.3 Å². The van der Waals surface area contributed by atoms with Crippen molar-refractivity contribution in [2.24, 2.45) is 0 Å². The summed E-state index contributed by atoms with van der Waals surface area (Å²) in [4.78, 5) is 12.9. The Bertz CT molecular complexity index is 1210. The molecule has 1 heterocycles. The van der Waals surface area contributed by atoms with Gasteiger partial charge in [0.15, 0.2) is 5.16 Å². The minimum atomic E-state index is -3.59. The summed E-state index contributed by atoms with van der Waals surface area (Å²) < 4.78 is 27.7. The van der Waals surface area contributed by atoms with Gasteiger partial charge in [-0.1, -0.05) is 36.0 Å². The molecule has 3 aromatic rings. The smallest absolute Gasteiger partial charge is 0.242 e. The van der Waals surface area contributed by atoms with Gasteiger partial charge in [0.2, 0.25) is 15.9 Å². The molecule has 0 saturated carbocycles. The standard InChI is InChI=1S/C21H25N5O3S2/c1-14-9-6-7-12-19(14)26-16(3)23-24-21(26)30-15(2)20(27)22-17-10-8-11-18(13-17)31(28,29)25(4)5/h6-13,15H,1-5H3,(H,22,27). The number of hydrogen-bond acceptors (Lipinski definition) is 6. The third kappa shape index (κ3) is 4.97. The third-order valence-electron chi connectivity index (χ3n) is 4.68. The molecule has 1 N–H and O–H groups in total. The van der Waals surface area contributed by atoms with Gasteiger partial charge in [-0.15, -0.1) is 10.2 Å². The van der Waals surface area contributed by atoms with Gasteiger partial charge >= 0.3 is 0 Å². The molecule has 1 aromatic heterocycles. The van der Waals surface area contributed by atoms with Crippen LogP contribution < -0.4 is 5.32 Å². The molecule has 0 aliphatic carbocycles. The molecule has 1 unspecified atom stereocenters. The molecule has 3 rings (SSSR count). The van der Waals surface area contributed by atoms with Crippen LogP contribution >= 0.6 is 11.8 Å². The zero-order valence-corrected chi connectivity index (χ0v) is 19.7. The molecule has 0 aliphatic heterocycles. The normalized spacial score (nSPS) is 12.7. The molecule has 31 heavy (non-hydrogen) atoms. The highest BCUT2D eigenvalue weighted by Gasteiger charge is 2.22. The number of benzene rings is 2. The van der Waals surface area contributed by atoms with Gasteiger partial charge in [-0.25, -0.2) is 12.7 Å². The van der Waals surface area contributed by atoms with Crippen molar-refractivity contribution in [1.82, 2.24) is 19.1 Å². The van der Waals surface area contributed by atoms with E-state index in [2.05, 4.69) is 15.5 Å². The number of carbonyl (C=O) groups excluding carboxylic acids is 1. The van der Waals surface area contributed by atoms with Crippen LogP contribution in [0.2, 0.25) is 0 Å². The van der Waals surface area contributed by atoms with Gasteiger partial charge in [0, 0.05) is 19.8 Å². The molecule has 0 aliphatic rings. The van der Waals surface area contributed by atoms with E-state index in [9.17, 15) is 13.2 Å². The summed E-state index contributed by atoms with van der Waals surface area (Å²) in [6.45, 7) is 5.64. The highest BCUT2D eigenvalue weighted by Crippen LogP contribution is 2.28. The van der Waals surface area contributed by atoms with Crippen LogP contribution in [0.25, 0.3) is 5.69 Å². The second-order valence-corrected chi connectivity index (χ2v) is 10.7. The number of nitrogens with one attached hydrogen (secondary N) is 1. The first-order chi connectivity index (χ1) is 14.6. The second-order valence-electron chi connectivity index (χ2n) is 7.22. The van der Waals surface area contributed by atoms with Gasteiger partial charge < -0.3 is 5.32 Å². The molecule has 0 radical (unpaired) electrons. The lowest BCUT2D eigenvalue weighted by molar-refractivity contribution is -0.115. The minimum Gasteiger partial charge on any atom is -0.325 e. The van der Waals surface area contributed by atoms with E-state index in [1.165, 1.54) is 38.0 Å². The van der Waals surface area contributed by atoms with E-state index in [-0.39, 0.29) is 10.8 Å². The van der Waals surface area contributed by atoms with Crippen LogP contribution in [-0.2, 0) is 14.8 Å². The maximum atomic E-state index is 12.8. The summed E-state index contributed by atoms with van der Waals surface area (Å²) in [7, 11) is -0.658. The lowest BCUT2D eigenvalue weighted by Crippen LogP contribution is -2.24. The first kappa shape index (κ1) is 23.0. The van der Waals surface area contributed by atoms with Crippen molar-refractivity contribution in [2.75, 3.05) is 19.4 Å². The van der Waals surface area contributed by atoms with Crippen LogP contribution in [0.4, 0.5) is 5.69 Å². The van der Waals surface area contributed by atoms with Gasteiger partial charge in [0.25, 0.3) is 0 Å². The molecule has 0 spiro atoms. The molecule has 8 nitrogen and oxygen atoms in total. The van der Waals surface area contributed by atoms with E-state index in [0.717, 1.165) is 21.4 Å². The highest BCUT2D eigenvalue weighted by atomic mass is 32.2. The Hall–Kier alpha value is -2.69. The Morgan fingerprint density at radius 3 is 2.48 bits per heavy atom. The van der Waals surface area contributed by atoms with E-state index in [1.54, 1.807) is 19.1 Å². The van der Waals surface area contributed by atoms with E-state index in [1.807, 2.05) is 42.7 Å². The third-order valence-corrected chi connectivity index (χ3v) is 7.54. The quantitative estimate of drug-likeness (QED) is 0.545. The summed E-state index contributed by atoms with van der Waals surface area (Å²) in [5, 5.41) is 11.3. The zero-order valence-electron chi connectivity index (χ0n) is 18.0. The fraction of sp³-hybridized carbons (Fsp3) is 0.286. The van der Waals surface area contributed by atoms with Gasteiger partial charge in [-0.3, -0.25) is 9.36 Å². The molecular formula is C21H25N5O3S2. The molecule has 0 bridgehead atoms. The number of anilines is 1. The molecule has 1 atom stereocenters. The van der Waals surface area contributed by atoms with Gasteiger partial charge in [0.05, 0.1) is 15.8 Å². The Labute approximate surface area is 186 Å². The predicted octanol–water partition coefficient (Wildman–Crippen LogP) is 3.25. The molecule has 10 heteroatoms. The van der Waals surface area contributed by atoms with Crippen molar-refractivity contribution in [3.63, 3.8) is 0 Å². The Balaban J connectivity index is 1.78. The average Bonchev–Trinajstić information content (AvgIpc) is 3.08. The lowest BCUT2D eigenvalue weighted by Gasteiger charge is -2.15. The fourth-order valence-corrected chi connectivity index (χ4v) is 4.77. The number of aryl methyl sites for hydroxylation is 2. The van der Waals surface area contributed by atoms with Crippen LogP contribution in [0, 0.1) is 13.8 Å². The van der Waals surface area contributed by atoms with Crippen molar-refractivity contribution in [1.29, 1.82) is 0 Å². The number of aromatic nitrogens is 3. The summed E-state index contributed by atoms with van der Waals surface area (Å²) in [6, 6.07) is 14.1. The number of amides is 1. The highest BCUT2D eigenvalue weighted by molar-refractivity contribution is 8.00. The predicted molar refractivity (Wildman–Crippen MR) is 122 cm³/mol. The molecular weight excluding hydrogens is 434 g/mol. The summed E-state index contributed by atoms with van der Waals surface area (Å²) >= 11 is 1.29. The van der Waals surface area contributed by atoms with Crippen molar-refractivity contribution in [2.45, 2.75) is 36.1 Å². The number of thioether (sulfide) groups is 1. The van der Waals surface area contributed by atoms with Gasteiger partial charge in [-0.2, -0.15) is 0 Å². The van der Waals surface area contributed by atoms with Crippen molar-refractivity contribution in [3.8, 4) is 5.69 Å². The van der Waals surface area contributed by atoms with Crippen molar-refractivity contribution >= 4 is 33.4 Å². The molecule has 1 amide bonds. The first-order valence-electron chi connectivity index (χ1n) is 9.59. The Morgan fingerprint density at radius 1 is 1.10 bits per heavy atom. The van der Waals surface area contributed by atoms with Crippen LogP contribution in [0.3, 0.4) is 0 Å². The van der Waals surface area contributed by atoms with Crippen LogP contribution in [0.1, 0.15) is 18.3 Å². The van der Waals surface area contributed by atoms with Crippen LogP contribution in [0.5, 0.6) is 0 Å². The molecule has 164 valence electrons. The fourth-order valence-electron chi connectivity index (χ4n) is 2.91. The number of para-hydroxylation sites is 1. The second kappa shape index (κ2) is 9.21.